The number of ether oxygens (including phenoxy) is 2. The molecule has 0 spiro atoms. The lowest BCUT2D eigenvalue weighted by molar-refractivity contribution is -0.120. The molecule has 5 nitrogen and oxygen atoms in total. The maximum atomic E-state index is 14.3. The summed E-state index contributed by atoms with van der Waals surface area (Å²) in [6.45, 7) is 9.05. The molecule has 2 fully saturated rings. The van der Waals surface area contributed by atoms with Crippen LogP contribution in [0.2, 0.25) is 0 Å². The highest BCUT2D eigenvalue weighted by molar-refractivity contribution is 5.95. The summed E-state index contributed by atoms with van der Waals surface area (Å²) in [5.41, 5.74) is 4.08. The number of likely N-dealkylation sites (tertiary alicyclic amines) is 1. The number of carbonyl (C=O) groups is 1. The summed E-state index contributed by atoms with van der Waals surface area (Å²) in [6, 6.07) is 12.3. The van der Waals surface area contributed by atoms with Crippen molar-refractivity contribution < 1.29 is 18.7 Å². The molecule has 3 aliphatic rings. The molecule has 3 atom stereocenters. The van der Waals surface area contributed by atoms with E-state index < -0.39 is 0 Å². The van der Waals surface area contributed by atoms with Crippen LogP contribution in [0.1, 0.15) is 101 Å². The Hall–Kier alpha value is -2.44. The number of fused-ring (bicyclic) bond motifs is 1. The highest BCUT2D eigenvalue weighted by Gasteiger charge is 2.37. The van der Waals surface area contributed by atoms with Gasteiger partial charge in [-0.2, -0.15) is 0 Å². The lowest BCUT2D eigenvalue weighted by Crippen LogP contribution is -2.47. The predicted octanol–water partition coefficient (Wildman–Crippen LogP) is 7.58. The lowest BCUT2D eigenvalue weighted by Gasteiger charge is -2.35. The zero-order valence-corrected chi connectivity index (χ0v) is 25.4. The highest BCUT2D eigenvalue weighted by Crippen LogP contribution is 2.38. The van der Waals surface area contributed by atoms with E-state index in [2.05, 4.69) is 36.9 Å². The molecule has 0 aromatic heterocycles. The molecule has 2 aromatic rings. The van der Waals surface area contributed by atoms with Crippen LogP contribution >= 0.6 is 0 Å². The van der Waals surface area contributed by atoms with Crippen molar-refractivity contribution in [3.63, 3.8) is 0 Å². The number of anilines is 1. The minimum Gasteiger partial charge on any atom is -0.493 e. The number of hydrogen-bond acceptors (Lipinski definition) is 4. The SMILES string of the molecule is CCCC(CCC)N(C(=O)CN1C[C@H](c2ccc3c(c2)CCO3)C[C@@H]1CCC1CCCCO1)c1ccc(F)c(C)c1. The van der Waals surface area contributed by atoms with Gasteiger partial charge in [0.15, 0.2) is 0 Å². The Bertz CT molecular complexity index is 1160. The molecular formula is C35H49FN2O3. The highest BCUT2D eigenvalue weighted by atomic mass is 19.1. The molecule has 224 valence electrons. The molecule has 0 N–H and O–H groups in total. The molecule has 5 rings (SSSR count). The van der Waals surface area contributed by atoms with E-state index in [1.807, 2.05) is 11.0 Å². The van der Waals surface area contributed by atoms with E-state index in [-0.39, 0.29) is 17.8 Å². The van der Waals surface area contributed by atoms with Gasteiger partial charge in [-0.25, -0.2) is 4.39 Å². The molecule has 0 aliphatic carbocycles. The van der Waals surface area contributed by atoms with Gasteiger partial charge in [0, 0.05) is 37.3 Å². The monoisotopic (exact) mass is 564 g/mol. The molecule has 0 radical (unpaired) electrons. The van der Waals surface area contributed by atoms with Crippen LogP contribution in [0.5, 0.6) is 5.75 Å². The number of halogens is 1. The number of aryl methyl sites for hydroxylation is 1. The number of hydrogen-bond donors (Lipinski definition) is 0. The predicted molar refractivity (Wildman–Crippen MR) is 163 cm³/mol. The first-order valence-corrected chi connectivity index (χ1v) is 16.2. The third kappa shape index (κ3) is 7.32. The molecule has 3 heterocycles. The summed E-state index contributed by atoms with van der Waals surface area (Å²) >= 11 is 0. The first kappa shape index (κ1) is 30.0. The van der Waals surface area contributed by atoms with Gasteiger partial charge >= 0.3 is 0 Å². The number of benzene rings is 2. The number of amides is 1. The largest absolute Gasteiger partial charge is 0.493 e. The Morgan fingerprint density at radius 1 is 1.07 bits per heavy atom. The van der Waals surface area contributed by atoms with Crippen molar-refractivity contribution in [2.75, 3.05) is 31.2 Å². The number of carbonyl (C=O) groups excluding carboxylic acids is 1. The Balaban J connectivity index is 1.37. The van der Waals surface area contributed by atoms with Crippen molar-refractivity contribution in [2.24, 2.45) is 0 Å². The van der Waals surface area contributed by atoms with Crippen LogP contribution in [0.15, 0.2) is 36.4 Å². The van der Waals surface area contributed by atoms with E-state index >= 15 is 0 Å². The van der Waals surface area contributed by atoms with Crippen LogP contribution in [0.3, 0.4) is 0 Å². The van der Waals surface area contributed by atoms with E-state index in [1.54, 1.807) is 13.0 Å². The molecular weight excluding hydrogens is 515 g/mol. The lowest BCUT2D eigenvalue weighted by atomic mass is 9.92. The minimum atomic E-state index is -0.226. The van der Waals surface area contributed by atoms with Crippen LogP contribution in [-0.2, 0) is 16.0 Å². The Kier molecular flexibility index (Phi) is 10.4. The Morgan fingerprint density at radius 3 is 2.63 bits per heavy atom. The zero-order valence-electron chi connectivity index (χ0n) is 25.4. The van der Waals surface area contributed by atoms with Crippen LogP contribution in [0, 0.1) is 12.7 Å². The molecule has 1 amide bonds. The minimum absolute atomic E-state index is 0.117. The third-order valence-corrected chi connectivity index (χ3v) is 9.44. The summed E-state index contributed by atoms with van der Waals surface area (Å²) in [6.07, 6.45) is 11.9. The summed E-state index contributed by atoms with van der Waals surface area (Å²) in [5.74, 6) is 1.32. The molecule has 1 unspecified atom stereocenters. The van der Waals surface area contributed by atoms with E-state index in [0.717, 1.165) is 89.0 Å². The van der Waals surface area contributed by atoms with Gasteiger partial charge in [0.2, 0.25) is 5.91 Å². The number of nitrogens with zero attached hydrogens (tertiary/aromatic N) is 2. The summed E-state index contributed by atoms with van der Waals surface area (Å²) in [5, 5.41) is 0. The van der Waals surface area contributed by atoms with Crippen LogP contribution in [0.25, 0.3) is 0 Å². The second-order valence-corrected chi connectivity index (χ2v) is 12.5. The van der Waals surface area contributed by atoms with Gasteiger partial charge in [0.05, 0.1) is 19.3 Å². The average Bonchev–Trinajstić information content (AvgIpc) is 3.61. The summed E-state index contributed by atoms with van der Waals surface area (Å²) in [7, 11) is 0. The second kappa shape index (κ2) is 14.2. The van der Waals surface area contributed by atoms with Crippen LogP contribution in [0.4, 0.5) is 10.1 Å². The van der Waals surface area contributed by atoms with Crippen molar-refractivity contribution in [1.82, 2.24) is 4.90 Å². The summed E-state index contributed by atoms with van der Waals surface area (Å²) < 4.78 is 26.1. The average molecular weight is 565 g/mol. The fraction of sp³-hybridized carbons (Fsp3) is 0.629. The molecule has 0 bridgehead atoms. The van der Waals surface area contributed by atoms with E-state index in [4.69, 9.17) is 9.47 Å². The van der Waals surface area contributed by atoms with Crippen LogP contribution in [-0.4, -0.2) is 55.3 Å². The van der Waals surface area contributed by atoms with Gasteiger partial charge in [0.25, 0.3) is 0 Å². The maximum Gasteiger partial charge on any atom is 0.241 e. The van der Waals surface area contributed by atoms with Crippen molar-refractivity contribution in [1.29, 1.82) is 0 Å². The normalized spacial score (nSPS) is 22.6. The molecule has 6 heteroatoms. The molecule has 0 saturated carbocycles. The van der Waals surface area contributed by atoms with Crippen molar-refractivity contribution in [3.8, 4) is 5.75 Å². The first-order valence-electron chi connectivity index (χ1n) is 16.2. The maximum absolute atomic E-state index is 14.3. The van der Waals surface area contributed by atoms with Gasteiger partial charge in [0.1, 0.15) is 11.6 Å². The van der Waals surface area contributed by atoms with Gasteiger partial charge in [-0.1, -0.05) is 38.8 Å². The molecule has 41 heavy (non-hydrogen) atoms. The topological polar surface area (TPSA) is 42.0 Å². The number of rotatable bonds is 12. The smallest absolute Gasteiger partial charge is 0.241 e. The molecule has 2 aromatic carbocycles. The van der Waals surface area contributed by atoms with Gasteiger partial charge < -0.3 is 14.4 Å². The zero-order chi connectivity index (χ0) is 28.8. The first-order chi connectivity index (χ1) is 20.0. The fourth-order valence-electron chi connectivity index (χ4n) is 7.25. The van der Waals surface area contributed by atoms with Crippen molar-refractivity contribution in [3.05, 3.63) is 58.9 Å². The summed E-state index contributed by atoms with van der Waals surface area (Å²) in [4.78, 5) is 18.7. The van der Waals surface area contributed by atoms with Gasteiger partial charge in [-0.15, -0.1) is 0 Å². The third-order valence-electron chi connectivity index (χ3n) is 9.44. The molecule has 2 saturated heterocycles. The Labute approximate surface area is 246 Å². The van der Waals surface area contributed by atoms with Crippen molar-refractivity contribution in [2.45, 2.75) is 116 Å². The quantitative estimate of drug-likeness (QED) is 0.267. The van der Waals surface area contributed by atoms with Crippen molar-refractivity contribution >= 4 is 11.6 Å². The standard InChI is InChI=1S/C35H49FN2O3/c1-4-8-29(9-5-2)38(31-13-15-33(36)25(3)20-31)35(39)24-37-23-28(26-11-16-34-27(21-26)17-19-41-34)22-30(37)12-14-32-10-6-7-18-40-32/h11,13,15-16,20-21,28-30,32H,4-10,12,14,17-19,22-24H2,1-3H3/t28-,30+,32?/m1/s1. The second-order valence-electron chi connectivity index (χ2n) is 12.5. The van der Waals surface area contributed by atoms with Crippen LogP contribution < -0.4 is 9.64 Å². The molecule has 3 aliphatic heterocycles. The fourth-order valence-corrected chi connectivity index (χ4v) is 7.25. The Morgan fingerprint density at radius 2 is 1.90 bits per heavy atom. The van der Waals surface area contributed by atoms with Gasteiger partial charge in [-0.3, -0.25) is 9.69 Å². The van der Waals surface area contributed by atoms with E-state index in [9.17, 15) is 9.18 Å². The van der Waals surface area contributed by atoms with Gasteiger partial charge in [-0.05, 0) is 105 Å². The van der Waals surface area contributed by atoms with E-state index in [1.165, 1.54) is 30.0 Å². The van der Waals surface area contributed by atoms with E-state index in [0.29, 0.717) is 30.2 Å².